The molecule has 1 unspecified atom stereocenters. The van der Waals surface area contributed by atoms with Gasteiger partial charge >= 0.3 is 0 Å². The fourth-order valence-corrected chi connectivity index (χ4v) is 3.44. The van der Waals surface area contributed by atoms with Crippen LogP contribution in [0.15, 0.2) is 28.7 Å². The average Bonchev–Trinajstić information content (AvgIpc) is 3.07. The van der Waals surface area contributed by atoms with Crippen LogP contribution < -0.4 is 5.32 Å². The Morgan fingerprint density at radius 3 is 2.43 bits per heavy atom. The van der Waals surface area contributed by atoms with Gasteiger partial charge in [0.05, 0.1) is 39.5 Å². The first kappa shape index (κ1) is 20.3. The van der Waals surface area contributed by atoms with E-state index in [-0.39, 0.29) is 11.7 Å². The molecule has 3 aromatic rings. The number of nitrogens with one attached hydrogen (secondary N) is 1. The van der Waals surface area contributed by atoms with Crippen molar-refractivity contribution in [3.05, 3.63) is 62.9 Å². The number of carbonyl (C=O) groups is 1. The van der Waals surface area contributed by atoms with Crippen LogP contribution in [0, 0.1) is 33.5 Å². The van der Waals surface area contributed by atoms with E-state index in [9.17, 15) is 9.18 Å². The number of carbonyl (C=O) groups excluding carboxylic acids is 1. The second kappa shape index (κ2) is 7.87. The molecule has 6 nitrogen and oxygen atoms in total. The number of rotatable bonds is 5. The van der Waals surface area contributed by atoms with Crippen LogP contribution in [0.3, 0.4) is 0 Å². The quantitative estimate of drug-likeness (QED) is 0.627. The van der Waals surface area contributed by atoms with Crippen molar-refractivity contribution < 1.29 is 9.18 Å². The van der Waals surface area contributed by atoms with E-state index in [2.05, 4.69) is 31.4 Å². The molecule has 0 aliphatic heterocycles. The average molecular weight is 448 g/mol. The number of halogens is 2. The van der Waals surface area contributed by atoms with Gasteiger partial charge in [-0.2, -0.15) is 10.2 Å². The standard InChI is InChI=1S/C20H23BrFN5O/c1-11-18(21)13(3)27(25-11)15(5)20(28)23-19-12(2)24-26(14(19)4)10-16-8-6-7-9-17(16)22/h6-9,15H,10H2,1-5H3,(H,23,28). The summed E-state index contributed by atoms with van der Waals surface area (Å²) in [6.07, 6.45) is 0. The van der Waals surface area contributed by atoms with Crippen LogP contribution in [-0.2, 0) is 11.3 Å². The molecular formula is C20H23BrFN5O. The van der Waals surface area contributed by atoms with Gasteiger partial charge in [-0.15, -0.1) is 0 Å². The van der Waals surface area contributed by atoms with Gasteiger partial charge < -0.3 is 5.32 Å². The molecule has 1 amide bonds. The second-order valence-electron chi connectivity index (χ2n) is 6.89. The molecule has 28 heavy (non-hydrogen) atoms. The maximum Gasteiger partial charge on any atom is 0.249 e. The summed E-state index contributed by atoms with van der Waals surface area (Å²) in [5.41, 5.74) is 4.38. The Labute approximate surface area is 171 Å². The molecule has 0 bridgehead atoms. The zero-order valence-electron chi connectivity index (χ0n) is 16.5. The Bertz CT molecular complexity index is 1040. The van der Waals surface area contributed by atoms with Crippen molar-refractivity contribution in [2.24, 2.45) is 0 Å². The Balaban J connectivity index is 1.82. The Hall–Kier alpha value is -2.48. The second-order valence-corrected chi connectivity index (χ2v) is 7.68. The van der Waals surface area contributed by atoms with Crippen molar-refractivity contribution in [2.45, 2.75) is 47.2 Å². The molecule has 1 N–H and O–H groups in total. The van der Waals surface area contributed by atoms with Crippen molar-refractivity contribution in [1.29, 1.82) is 0 Å². The summed E-state index contributed by atoms with van der Waals surface area (Å²) in [4.78, 5) is 12.8. The van der Waals surface area contributed by atoms with Gasteiger partial charge in [-0.05, 0) is 56.6 Å². The molecule has 0 aliphatic carbocycles. The summed E-state index contributed by atoms with van der Waals surface area (Å²) in [5.74, 6) is -0.459. The van der Waals surface area contributed by atoms with E-state index < -0.39 is 6.04 Å². The van der Waals surface area contributed by atoms with Crippen LogP contribution in [0.25, 0.3) is 0 Å². The van der Waals surface area contributed by atoms with E-state index in [1.54, 1.807) is 34.5 Å². The van der Waals surface area contributed by atoms with E-state index in [4.69, 9.17) is 0 Å². The molecule has 2 heterocycles. The maximum atomic E-state index is 14.0. The van der Waals surface area contributed by atoms with E-state index >= 15 is 0 Å². The highest BCUT2D eigenvalue weighted by atomic mass is 79.9. The fourth-order valence-electron chi connectivity index (χ4n) is 3.18. The molecule has 8 heteroatoms. The number of anilines is 1. The smallest absolute Gasteiger partial charge is 0.249 e. The first-order valence-electron chi connectivity index (χ1n) is 9.00. The summed E-state index contributed by atoms with van der Waals surface area (Å²) in [7, 11) is 0. The van der Waals surface area contributed by atoms with Gasteiger partial charge in [0, 0.05) is 5.56 Å². The third-order valence-corrected chi connectivity index (χ3v) is 6.04. The van der Waals surface area contributed by atoms with Gasteiger partial charge in [0.15, 0.2) is 0 Å². The molecule has 0 radical (unpaired) electrons. The zero-order valence-corrected chi connectivity index (χ0v) is 18.1. The normalized spacial score (nSPS) is 12.2. The number of aromatic nitrogens is 4. The number of hydrogen-bond acceptors (Lipinski definition) is 3. The SMILES string of the molecule is Cc1nn(C(C)C(=O)Nc2c(C)nn(Cc3ccccc3F)c2C)c(C)c1Br. The number of hydrogen-bond donors (Lipinski definition) is 1. The molecule has 0 saturated carbocycles. The first-order valence-corrected chi connectivity index (χ1v) is 9.79. The topological polar surface area (TPSA) is 64.7 Å². The molecule has 0 aliphatic rings. The van der Waals surface area contributed by atoms with Gasteiger partial charge in [0.25, 0.3) is 0 Å². The van der Waals surface area contributed by atoms with Crippen LogP contribution >= 0.6 is 15.9 Å². The van der Waals surface area contributed by atoms with Crippen LogP contribution in [0.1, 0.15) is 41.3 Å². The zero-order chi connectivity index (χ0) is 20.6. The molecule has 0 spiro atoms. The van der Waals surface area contributed by atoms with E-state index in [0.717, 1.165) is 21.6 Å². The van der Waals surface area contributed by atoms with Gasteiger partial charge in [0.2, 0.25) is 5.91 Å². The van der Waals surface area contributed by atoms with E-state index in [1.807, 2.05) is 27.7 Å². The molecule has 0 fully saturated rings. The predicted molar refractivity (Wildman–Crippen MR) is 110 cm³/mol. The minimum atomic E-state index is -0.487. The minimum Gasteiger partial charge on any atom is -0.321 e. The lowest BCUT2D eigenvalue weighted by atomic mass is 10.2. The summed E-state index contributed by atoms with van der Waals surface area (Å²) in [6.45, 7) is 9.59. The highest BCUT2D eigenvalue weighted by Crippen LogP contribution is 2.25. The van der Waals surface area contributed by atoms with Gasteiger partial charge in [0.1, 0.15) is 11.9 Å². The third kappa shape index (κ3) is 3.73. The van der Waals surface area contributed by atoms with Gasteiger partial charge in [-0.25, -0.2) is 4.39 Å². The minimum absolute atomic E-state index is 0.185. The maximum absolute atomic E-state index is 14.0. The Morgan fingerprint density at radius 2 is 1.82 bits per heavy atom. The molecule has 3 rings (SSSR count). The lowest BCUT2D eigenvalue weighted by molar-refractivity contribution is -0.119. The van der Waals surface area contributed by atoms with Crippen LogP contribution in [0.2, 0.25) is 0 Å². The van der Waals surface area contributed by atoms with Crippen LogP contribution in [-0.4, -0.2) is 25.5 Å². The van der Waals surface area contributed by atoms with Gasteiger partial charge in [-0.3, -0.25) is 14.2 Å². The summed E-state index contributed by atoms with van der Waals surface area (Å²) in [5, 5.41) is 11.9. The lowest BCUT2D eigenvalue weighted by Crippen LogP contribution is -2.25. The van der Waals surface area contributed by atoms with Crippen LogP contribution in [0.5, 0.6) is 0 Å². The van der Waals surface area contributed by atoms with Crippen molar-refractivity contribution in [3.63, 3.8) is 0 Å². The van der Waals surface area contributed by atoms with Crippen molar-refractivity contribution >= 4 is 27.5 Å². The number of benzene rings is 1. The monoisotopic (exact) mass is 447 g/mol. The molecule has 148 valence electrons. The summed E-state index contributed by atoms with van der Waals surface area (Å²) >= 11 is 3.49. The summed E-state index contributed by atoms with van der Waals surface area (Å²) in [6, 6.07) is 6.12. The van der Waals surface area contributed by atoms with E-state index in [1.165, 1.54) is 6.07 Å². The van der Waals surface area contributed by atoms with Crippen LogP contribution in [0.4, 0.5) is 10.1 Å². The molecular weight excluding hydrogens is 425 g/mol. The molecule has 2 aromatic heterocycles. The Kier molecular flexibility index (Phi) is 5.69. The van der Waals surface area contributed by atoms with E-state index in [0.29, 0.717) is 23.5 Å². The van der Waals surface area contributed by atoms with Gasteiger partial charge in [-0.1, -0.05) is 18.2 Å². The molecule has 1 aromatic carbocycles. The number of nitrogens with zero attached hydrogens (tertiary/aromatic N) is 4. The number of aryl methyl sites for hydroxylation is 2. The third-order valence-electron chi connectivity index (χ3n) is 4.89. The highest BCUT2D eigenvalue weighted by Gasteiger charge is 2.23. The molecule has 1 atom stereocenters. The van der Waals surface area contributed by atoms with Crippen molar-refractivity contribution in [1.82, 2.24) is 19.6 Å². The fraction of sp³-hybridized carbons (Fsp3) is 0.350. The van der Waals surface area contributed by atoms with Crippen molar-refractivity contribution in [2.75, 3.05) is 5.32 Å². The van der Waals surface area contributed by atoms with Crippen molar-refractivity contribution in [3.8, 4) is 0 Å². The highest BCUT2D eigenvalue weighted by molar-refractivity contribution is 9.10. The predicted octanol–water partition coefficient (Wildman–Crippen LogP) is 4.46. The lowest BCUT2D eigenvalue weighted by Gasteiger charge is -2.15. The molecule has 0 saturated heterocycles. The Morgan fingerprint density at radius 1 is 1.14 bits per heavy atom. The number of amides is 1. The first-order chi connectivity index (χ1) is 13.2. The largest absolute Gasteiger partial charge is 0.321 e. The summed E-state index contributed by atoms with van der Waals surface area (Å²) < 4.78 is 18.3.